The number of aromatic nitrogens is 1. The van der Waals surface area contributed by atoms with Gasteiger partial charge in [0.05, 0.1) is 6.42 Å². The van der Waals surface area contributed by atoms with E-state index in [4.69, 9.17) is 4.84 Å². The number of hydroxylamine groups is 2. The Morgan fingerprint density at radius 1 is 1.25 bits per heavy atom. The van der Waals surface area contributed by atoms with E-state index in [1.807, 2.05) is 36.0 Å². The number of pyridine rings is 1. The summed E-state index contributed by atoms with van der Waals surface area (Å²) in [5, 5.41) is 0.585. The van der Waals surface area contributed by atoms with Crippen molar-refractivity contribution in [2.24, 2.45) is 0 Å². The molecule has 20 heavy (non-hydrogen) atoms. The number of nitrogens with zero attached hydrogens (tertiary/aromatic N) is 2. The lowest BCUT2D eigenvalue weighted by atomic mass is 10.3. The van der Waals surface area contributed by atoms with Gasteiger partial charge in [0.25, 0.3) is 11.8 Å². The van der Waals surface area contributed by atoms with E-state index < -0.39 is 17.8 Å². The SMILES string of the molecule is Cc1cc[n+](CCCC(=O)ON2C(=O)CCC2=O)cc1. The highest BCUT2D eigenvalue weighted by atomic mass is 16.7. The third-order valence-corrected chi connectivity index (χ3v) is 3.05. The van der Waals surface area contributed by atoms with Gasteiger partial charge >= 0.3 is 5.97 Å². The summed E-state index contributed by atoms with van der Waals surface area (Å²) in [4.78, 5) is 38.9. The van der Waals surface area contributed by atoms with Crippen molar-refractivity contribution in [3.8, 4) is 0 Å². The van der Waals surface area contributed by atoms with Gasteiger partial charge in [-0.05, 0) is 12.5 Å². The molecule has 2 heterocycles. The molecule has 0 unspecified atom stereocenters. The molecule has 2 amide bonds. The van der Waals surface area contributed by atoms with Crippen LogP contribution in [-0.2, 0) is 25.8 Å². The molecule has 1 aliphatic heterocycles. The lowest BCUT2D eigenvalue weighted by Crippen LogP contribution is -2.34. The van der Waals surface area contributed by atoms with Crippen LogP contribution in [0.25, 0.3) is 0 Å². The van der Waals surface area contributed by atoms with E-state index in [9.17, 15) is 14.4 Å². The quantitative estimate of drug-likeness (QED) is 0.586. The van der Waals surface area contributed by atoms with Crippen LogP contribution in [0.4, 0.5) is 0 Å². The Labute approximate surface area is 116 Å². The minimum absolute atomic E-state index is 0.116. The van der Waals surface area contributed by atoms with Gasteiger partial charge in [-0.2, -0.15) is 0 Å². The van der Waals surface area contributed by atoms with Crippen LogP contribution in [0.5, 0.6) is 0 Å². The molecule has 1 fully saturated rings. The molecule has 1 saturated heterocycles. The first-order valence-corrected chi connectivity index (χ1v) is 6.58. The first kappa shape index (κ1) is 14.2. The summed E-state index contributed by atoms with van der Waals surface area (Å²) in [6.07, 6.45) is 4.86. The number of amides is 2. The van der Waals surface area contributed by atoms with E-state index >= 15 is 0 Å². The zero-order valence-corrected chi connectivity index (χ0v) is 11.4. The average Bonchev–Trinajstić information content (AvgIpc) is 2.73. The van der Waals surface area contributed by atoms with Crippen molar-refractivity contribution in [1.82, 2.24) is 5.06 Å². The van der Waals surface area contributed by atoms with Crippen molar-refractivity contribution in [2.45, 2.75) is 39.2 Å². The summed E-state index contributed by atoms with van der Waals surface area (Å²) in [7, 11) is 0. The Kier molecular flexibility index (Phi) is 4.45. The van der Waals surface area contributed by atoms with E-state index in [1.54, 1.807) is 0 Å². The van der Waals surface area contributed by atoms with Crippen LogP contribution >= 0.6 is 0 Å². The zero-order chi connectivity index (χ0) is 14.5. The van der Waals surface area contributed by atoms with Crippen LogP contribution < -0.4 is 4.57 Å². The van der Waals surface area contributed by atoms with Crippen LogP contribution in [0.1, 0.15) is 31.2 Å². The molecular formula is C14H17N2O4+. The fourth-order valence-electron chi connectivity index (χ4n) is 1.89. The molecular weight excluding hydrogens is 260 g/mol. The predicted molar refractivity (Wildman–Crippen MR) is 67.8 cm³/mol. The predicted octanol–water partition coefficient (Wildman–Crippen LogP) is 0.670. The van der Waals surface area contributed by atoms with E-state index in [0.29, 0.717) is 18.0 Å². The summed E-state index contributed by atoms with van der Waals surface area (Å²) in [6.45, 7) is 2.68. The van der Waals surface area contributed by atoms with Gasteiger partial charge in [0.15, 0.2) is 12.4 Å². The lowest BCUT2D eigenvalue weighted by molar-refractivity contribution is -0.697. The maximum absolute atomic E-state index is 11.6. The molecule has 0 N–H and O–H groups in total. The normalized spacial score (nSPS) is 14.8. The van der Waals surface area contributed by atoms with E-state index in [0.717, 1.165) is 0 Å². The van der Waals surface area contributed by atoms with Crippen LogP contribution in [0.15, 0.2) is 24.5 Å². The molecule has 0 atom stereocenters. The highest BCUT2D eigenvalue weighted by Gasteiger charge is 2.32. The van der Waals surface area contributed by atoms with Crippen LogP contribution in [0.2, 0.25) is 0 Å². The van der Waals surface area contributed by atoms with E-state index in [2.05, 4.69) is 0 Å². The molecule has 106 valence electrons. The Hall–Kier alpha value is -2.24. The fourth-order valence-corrected chi connectivity index (χ4v) is 1.89. The first-order chi connectivity index (χ1) is 9.56. The molecule has 0 bridgehead atoms. The van der Waals surface area contributed by atoms with Gasteiger partial charge < -0.3 is 4.84 Å². The highest BCUT2D eigenvalue weighted by Crippen LogP contribution is 2.12. The van der Waals surface area contributed by atoms with Crippen molar-refractivity contribution in [3.63, 3.8) is 0 Å². The Balaban J connectivity index is 1.74. The zero-order valence-electron chi connectivity index (χ0n) is 11.4. The molecule has 2 rings (SSSR count). The molecule has 0 radical (unpaired) electrons. The van der Waals surface area contributed by atoms with Crippen molar-refractivity contribution in [2.75, 3.05) is 0 Å². The monoisotopic (exact) mass is 277 g/mol. The number of carbonyl (C=O) groups is 3. The third kappa shape index (κ3) is 3.63. The molecule has 6 heteroatoms. The molecule has 1 aliphatic rings. The van der Waals surface area contributed by atoms with Gasteiger partial charge in [0.2, 0.25) is 0 Å². The summed E-state index contributed by atoms with van der Waals surface area (Å²) in [5.41, 5.74) is 1.17. The lowest BCUT2D eigenvalue weighted by Gasteiger charge is -2.11. The van der Waals surface area contributed by atoms with Crippen molar-refractivity contribution >= 4 is 17.8 Å². The summed E-state index contributed by atoms with van der Waals surface area (Å²) < 4.78 is 1.96. The fraction of sp³-hybridized carbons (Fsp3) is 0.429. The maximum Gasteiger partial charge on any atom is 0.333 e. The van der Waals surface area contributed by atoms with Gasteiger partial charge in [-0.3, -0.25) is 9.59 Å². The average molecular weight is 277 g/mol. The first-order valence-electron chi connectivity index (χ1n) is 6.58. The van der Waals surface area contributed by atoms with Gasteiger partial charge in [0.1, 0.15) is 6.54 Å². The van der Waals surface area contributed by atoms with Gasteiger partial charge in [-0.15, -0.1) is 5.06 Å². The van der Waals surface area contributed by atoms with Crippen LogP contribution in [0.3, 0.4) is 0 Å². The number of carbonyl (C=O) groups excluding carboxylic acids is 3. The third-order valence-electron chi connectivity index (χ3n) is 3.05. The Morgan fingerprint density at radius 2 is 1.85 bits per heavy atom. The van der Waals surface area contributed by atoms with Crippen molar-refractivity contribution in [1.29, 1.82) is 0 Å². The van der Waals surface area contributed by atoms with Gasteiger partial charge in [-0.1, -0.05) is 0 Å². The summed E-state index contributed by atoms with van der Waals surface area (Å²) in [5.74, 6) is -1.45. The minimum atomic E-state index is -0.554. The van der Waals surface area contributed by atoms with Crippen LogP contribution in [-0.4, -0.2) is 22.8 Å². The highest BCUT2D eigenvalue weighted by molar-refractivity contribution is 6.01. The second kappa shape index (κ2) is 6.27. The molecule has 0 aromatic carbocycles. The molecule has 1 aromatic rings. The van der Waals surface area contributed by atoms with E-state index in [-0.39, 0.29) is 19.3 Å². The number of rotatable bonds is 5. The van der Waals surface area contributed by atoms with Gasteiger partial charge in [-0.25, -0.2) is 9.36 Å². The minimum Gasteiger partial charge on any atom is -0.330 e. The largest absolute Gasteiger partial charge is 0.333 e. The van der Waals surface area contributed by atoms with Crippen molar-refractivity contribution < 1.29 is 23.8 Å². The molecule has 0 aliphatic carbocycles. The Bertz CT molecular complexity index is 508. The number of aryl methyl sites for hydroxylation is 2. The standard InChI is InChI=1S/C14H17N2O4/c1-11-6-9-15(10-7-11)8-2-3-14(19)20-16-12(17)4-5-13(16)18/h6-7,9-10H,2-5,8H2,1H3/q+1. The molecule has 6 nitrogen and oxygen atoms in total. The smallest absolute Gasteiger partial charge is 0.330 e. The van der Waals surface area contributed by atoms with E-state index in [1.165, 1.54) is 5.56 Å². The topological polar surface area (TPSA) is 67.6 Å². The second-order valence-electron chi connectivity index (χ2n) is 4.76. The van der Waals surface area contributed by atoms with Crippen LogP contribution in [0, 0.1) is 6.92 Å². The summed E-state index contributed by atoms with van der Waals surface area (Å²) >= 11 is 0. The Morgan fingerprint density at radius 3 is 2.45 bits per heavy atom. The molecule has 0 spiro atoms. The second-order valence-corrected chi connectivity index (χ2v) is 4.76. The van der Waals surface area contributed by atoms with Crippen molar-refractivity contribution in [3.05, 3.63) is 30.1 Å². The molecule has 0 saturated carbocycles. The number of hydrogen-bond donors (Lipinski definition) is 0. The maximum atomic E-state index is 11.6. The summed E-state index contributed by atoms with van der Waals surface area (Å²) in [6, 6.07) is 3.97. The molecule has 1 aromatic heterocycles. The number of hydrogen-bond acceptors (Lipinski definition) is 4. The van der Waals surface area contributed by atoms with Gasteiger partial charge in [0, 0.05) is 31.4 Å². The number of imide groups is 1.